The number of aliphatic imine (C=N–C) groups is 1. The molecule has 0 spiro atoms. The Morgan fingerprint density at radius 3 is 2.43 bits per heavy atom. The number of rotatable bonds is 5. The first-order chi connectivity index (χ1) is 11.2. The van der Waals surface area contributed by atoms with Gasteiger partial charge in [-0.25, -0.2) is 0 Å². The molecule has 1 aromatic heterocycles. The highest BCUT2D eigenvalue weighted by Crippen LogP contribution is 2.29. The van der Waals surface area contributed by atoms with Crippen molar-refractivity contribution in [2.24, 2.45) is 4.99 Å². The molecule has 118 valence electrons. The highest BCUT2D eigenvalue weighted by molar-refractivity contribution is 6.01. The van der Waals surface area contributed by atoms with Crippen LogP contribution in [0, 0.1) is 0 Å². The van der Waals surface area contributed by atoms with Crippen LogP contribution < -0.4 is 4.90 Å². The molecule has 0 radical (unpaired) electrons. The van der Waals surface area contributed by atoms with E-state index in [-0.39, 0.29) is 5.95 Å². The van der Waals surface area contributed by atoms with E-state index < -0.39 is 0 Å². The van der Waals surface area contributed by atoms with E-state index in [2.05, 4.69) is 35.9 Å². The number of furan rings is 1. The molecule has 0 aliphatic rings. The zero-order valence-electron chi connectivity index (χ0n) is 13.4. The molecule has 0 atom stereocenters. The van der Waals surface area contributed by atoms with Gasteiger partial charge in [0.2, 0.25) is 0 Å². The third kappa shape index (κ3) is 3.06. The van der Waals surface area contributed by atoms with Gasteiger partial charge in [-0.3, -0.25) is 4.99 Å². The van der Waals surface area contributed by atoms with Gasteiger partial charge in [-0.15, -0.1) is 0 Å². The number of nitrogens with zero attached hydrogens (tertiary/aromatic N) is 2. The Kier molecular flexibility index (Phi) is 4.33. The highest BCUT2D eigenvalue weighted by Gasteiger charge is 2.10. The second-order valence-electron chi connectivity index (χ2n) is 5.26. The molecule has 3 rings (SSSR count). The van der Waals surface area contributed by atoms with Gasteiger partial charge in [0.1, 0.15) is 5.58 Å². The fourth-order valence-electron chi connectivity index (χ4n) is 2.65. The number of anilines is 1. The van der Waals surface area contributed by atoms with Gasteiger partial charge >= 0.3 is 0 Å². The van der Waals surface area contributed by atoms with Crippen molar-refractivity contribution >= 4 is 28.6 Å². The number of fused-ring (bicyclic) bond motifs is 1. The SMILES string of the molecule is CCN(CC)c1ccc(N=Cc2c(O)oc3ccccc23)cc1. The number of aromatic hydroxyl groups is 1. The topological polar surface area (TPSA) is 49.0 Å². The summed E-state index contributed by atoms with van der Waals surface area (Å²) in [7, 11) is 0. The average molecular weight is 308 g/mol. The van der Waals surface area contributed by atoms with Crippen molar-refractivity contribution in [2.75, 3.05) is 18.0 Å². The Labute approximate surface area is 135 Å². The smallest absolute Gasteiger partial charge is 0.292 e. The molecule has 0 saturated carbocycles. The lowest BCUT2D eigenvalue weighted by atomic mass is 10.2. The van der Waals surface area contributed by atoms with E-state index >= 15 is 0 Å². The summed E-state index contributed by atoms with van der Waals surface area (Å²) in [6.45, 7) is 6.24. The molecule has 0 saturated heterocycles. The Balaban J connectivity index is 1.86. The van der Waals surface area contributed by atoms with Crippen molar-refractivity contribution in [1.82, 2.24) is 0 Å². The Morgan fingerprint density at radius 2 is 1.74 bits per heavy atom. The second kappa shape index (κ2) is 6.57. The third-order valence-corrected chi connectivity index (χ3v) is 3.94. The average Bonchev–Trinajstić information content (AvgIpc) is 2.90. The largest absolute Gasteiger partial charge is 0.480 e. The molecule has 0 bridgehead atoms. The van der Waals surface area contributed by atoms with Crippen molar-refractivity contribution in [3.63, 3.8) is 0 Å². The van der Waals surface area contributed by atoms with Gasteiger partial charge in [0.15, 0.2) is 0 Å². The zero-order valence-corrected chi connectivity index (χ0v) is 13.4. The second-order valence-corrected chi connectivity index (χ2v) is 5.26. The molecule has 1 heterocycles. The molecule has 2 aromatic carbocycles. The van der Waals surface area contributed by atoms with E-state index in [0.29, 0.717) is 11.1 Å². The molecule has 4 nitrogen and oxygen atoms in total. The third-order valence-electron chi connectivity index (χ3n) is 3.94. The molecular formula is C19H20N2O2. The molecule has 1 N–H and O–H groups in total. The highest BCUT2D eigenvalue weighted by atomic mass is 16.5. The molecular weight excluding hydrogens is 288 g/mol. The molecule has 23 heavy (non-hydrogen) atoms. The van der Waals surface area contributed by atoms with Crippen LogP contribution in [0.25, 0.3) is 11.0 Å². The van der Waals surface area contributed by atoms with E-state index in [1.54, 1.807) is 6.21 Å². The summed E-state index contributed by atoms with van der Waals surface area (Å²) >= 11 is 0. The standard InChI is InChI=1S/C19H20N2O2/c1-3-21(4-2)15-11-9-14(10-12-15)20-13-17-16-7-5-6-8-18(16)23-19(17)22/h5-13,22H,3-4H2,1-2H3. The molecule has 0 fully saturated rings. The van der Waals surface area contributed by atoms with Crippen LogP contribution in [-0.4, -0.2) is 24.4 Å². The Bertz CT molecular complexity index is 815. The van der Waals surface area contributed by atoms with Gasteiger partial charge in [0.25, 0.3) is 5.95 Å². The van der Waals surface area contributed by atoms with E-state index in [1.807, 2.05) is 36.4 Å². The van der Waals surface area contributed by atoms with Crippen molar-refractivity contribution in [1.29, 1.82) is 0 Å². The first-order valence-corrected chi connectivity index (χ1v) is 7.82. The summed E-state index contributed by atoms with van der Waals surface area (Å²) in [6.07, 6.45) is 1.65. The summed E-state index contributed by atoms with van der Waals surface area (Å²) in [5.41, 5.74) is 3.29. The number of hydrogen-bond donors (Lipinski definition) is 1. The lowest BCUT2D eigenvalue weighted by Gasteiger charge is -2.20. The summed E-state index contributed by atoms with van der Waals surface area (Å²) in [6, 6.07) is 15.6. The maximum Gasteiger partial charge on any atom is 0.292 e. The van der Waals surface area contributed by atoms with Crippen molar-refractivity contribution in [3.8, 4) is 5.95 Å². The number of hydrogen-bond acceptors (Lipinski definition) is 4. The van der Waals surface area contributed by atoms with Crippen LogP contribution in [-0.2, 0) is 0 Å². The summed E-state index contributed by atoms with van der Waals surface area (Å²) in [5.74, 6) is -0.102. The first kappa shape index (κ1) is 15.2. The van der Waals surface area contributed by atoms with Crippen LogP contribution >= 0.6 is 0 Å². The van der Waals surface area contributed by atoms with Crippen LogP contribution in [0.1, 0.15) is 19.4 Å². The summed E-state index contributed by atoms with van der Waals surface area (Å²) in [5, 5.41) is 10.8. The maximum atomic E-state index is 9.93. The van der Waals surface area contributed by atoms with Gasteiger partial charge in [-0.05, 0) is 44.2 Å². The number of para-hydroxylation sites is 1. The zero-order chi connectivity index (χ0) is 16.2. The molecule has 0 amide bonds. The Hall–Kier alpha value is -2.75. The minimum absolute atomic E-state index is 0.102. The molecule has 4 heteroatoms. The predicted molar refractivity (Wildman–Crippen MR) is 95.1 cm³/mol. The summed E-state index contributed by atoms with van der Waals surface area (Å²) < 4.78 is 5.32. The van der Waals surface area contributed by atoms with E-state index in [9.17, 15) is 5.11 Å². The lowest BCUT2D eigenvalue weighted by Crippen LogP contribution is -2.21. The number of benzene rings is 2. The van der Waals surface area contributed by atoms with Crippen LogP contribution in [0.5, 0.6) is 5.95 Å². The fraction of sp³-hybridized carbons (Fsp3) is 0.211. The fourth-order valence-corrected chi connectivity index (χ4v) is 2.65. The van der Waals surface area contributed by atoms with Crippen LogP contribution in [0.3, 0.4) is 0 Å². The monoisotopic (exact) mass is 308 g/mol. The van der Waals surface area contributed by atoms with Crippen molar-refractivity contribution in [3.05, 3.63) is 54.1 Å². The van der Waals surface area contributed by atoms with E-state index in [1.165, 1.54) is 5.69 Å². The van der Waals surface area contributed by atoms with E-state index in [4.69, 9.17) is 4.42 Å². The van der Waals surface area contributed by atoms with Crippen LogP contribution in [0.4, 0.5) is 11.4 Å². The lowest BCUT2D eigenvalue weighted by molar-refractivity contribution is 0.346. The predicted octanol–water partition coefficient (Wildman–Crippen LogP) is 4.74. The van der Waals surface area contributed by atoms with Crippen molar-refractivity contribution < 1.29 is 9.52 Å². The van der Waals surface area contributed by atoms with Crippen molar-refractivity contribution in [2.45, 2.75) is 13.8 Å². The van der Waals surface area contributed by atoms with Gasteiger partial charge in [0.05, 0.1) is 11.3 Å². The quantitative estimate of drug-likeness (QED) is 0.693. The Morgan fingerprint density at radius 1 is 1.04 bits per heavy atom. The normalized spacial score (nSPS) is 11.4. The van der Waals surface area contributed by atoms with Gasteiger partial charge in [-0.2, -0.15) is 0 Å². The van der Waals surface area contributed by atoms with E-state index in [0.717, 1.165) is 24.2 Å². The minimum Gasteiger partial charge on any atom is -0.480 e. The molecule has 0 unspecified atom stereocenters. The molecule has 3 aromatic rings. The molecule has 0 aliphatic heterocycles. The summed E-state index contributed by atoms with van der Waals surface area (Å²) in [4.78, 5) is 6.73. The van der Waals surface area contributed by atoms with Gasteiger partial charge < -0.3 is 14.4 Å². The molecule has 0 aliphatic carbocycles. The minimum atomic E-state index is -0.102. The van der Waals surface area contributed by atoms with Crippen LogP contribution in [0.15, 0.2) is 57.9 Å². The van der Waals surface area contributed by atoms with Gasteiger partial charge in [0, 0.05) is 30.4 Å². The van der Waals surface area contributed by atoms with Gasteiger partial charge in [-0.1, -0.05) is 18.2 Å². The van der Waals surface area contributed by atoms with Crippen LogP contribution in [0.2, 0.25) is 0 Å². The first-order valence-electron chi connectivity index (χ1n) is 7.82. The maximum absolute atomic E-state index is 9.93.